The lowest BCUT2D eigenvalue weighted by atomic mass is 10.1. The normalized spacial score (nSPS) is 17.6. The summed E-state index contributed by atoms with van der Waals surface area (Å²) in [5.41, 5.74) is 0. The van der Waals surface area contributed by atoms with Gasteiger partial charge in [-0.1, -0.05) is 13.8 Å². The minimum Gasteiger partial charge on any atom is -0.461 e. The first-order valence-corrected chi connectivity index (χ1v) is 7.83. The van der Waals surface area contributed by atoms with E-state index in [0.717, 1.165) is 31.7 Å². The Morgan fingerprint density at radius 1 is 1.14 bits per heavy atom. The summed E-state index contributed by atoms with van der Waals surface area (Å²) in [6, 6.07) is 0. The number of nitrogens with zero attached hydrogens (tertiary/aromatic N) is 1. The maximum Gasteiger partial charge on any atom is 0.331 e. The van der Waals surface area contributed by atoms with E-state index in [1.54, 1.807) is 0 Å². The molecule has 0 radical (unpaired) electrons. The van der Waals surface area contributed by atoms with Crippen LogP contribution < -0.4 is 0 Å². The molecule has 1 atom stereocenters. The molecule has 0 saturated carbocycles. The van der Waals surface area contributed by atoms with E-state index >= 15 is 0 Å². The minimum atomic E-state index is -0.526. The van der Waals surface area contributed by atoms with Gasteiger partial charge >= 0.3 is 11.9 Å². The quantitative estimate of drug-likeness (QED) is 0.498. The fourth-order valence-electron chi connectivity index (χ4n) is 2.23. The molecule has 0 amide bonds. The standard InChI is InChI=1S/C16H27NO5/c1-13(2)12-14(3)22-16(19)5-4-15(18)21-11-8-17-6-9-20-10-7-17/h4-5,13-14H,6-12H2,1-3H3/b5-4+. The third kappa shape index (κ3) is 8.79. The first kappa shape index (κ1) is 18.6. The SMILES string of the molecule is CC(C)CC(C)OC(=O)/C=C/C(=O)OCCN1CCOCC1. The highest BCUT2D eigenvalue weighted by atomic mass is 16.5. The maximum atomic E-state index is 11.5. The monoisotopic (exact) mass is 313 g/mol. The van der Waals surface area contributed by atoms with Crippen LogP contribution in [0.15, 0.2) is 12.2 Å². The Balaban J connectivity index is 2.15. The van der Waals surface area contributed by atoms with E-state index in [-0.39, 0.29) is 6.10 Å². The van der Waals surface area contributed by atoms with Gasteiger partial charge in [0.15, 0.2) is 0 Å². The summed E-state index contributed by atoms with van der Waals surface area (Å²) in [6.45, 7) is 10.1. The second-order valence-corrected chi connectivity index (χ2v) is 5.83. The van der Waals surface area contributed by atoms with Crippen LogP contribution in [0.25, 0.3) is 0 Å². The molecule has 1 aliphatic rings. The summed E-state index contributed by atoms with van der Waals surface area (Å²) in [5.74, 6) is -0.586. The van der Waals surface area contributed by atoms with Crippen molar-refractivity contribution >= 4 is 11.9 Å². The van der Waals surface area contributed by atoms with Gasteiger partial charge in [-0.2, -0.15) is 0 Å². The highest BCUT2D eigenvalue weighted by molar-refractivity contribution is 5.91. The molecule has 6 nitrogen and oxygen atoms in total. The molecule has 1 rings (SSSR count). The van der Waals surface area contributed by atoms with E-state index in [9.17, 15) is 9.59 Å². The van der Waals surface area contributed by atoms with E-state index in [1.165, 1.54) is 0 Å². The maximum absolute atomic E-state index is 11.5. The van der Waals surface area contributed by atoms with Gasteiger partial charge in [0.25, 0.3) is 0 Å². The first-order valence-electron chi connectivity index (χ1n) is 7.83. The largest absolute Gasteiger partial charge is 0.461 e. The van der Waals surface area contributed by atoms with Gasteiger partial charge in [-0.25, -0.2) is 9.59 Å². The smallest absolute Gasteiger partial charge is 0.331 e. The topological polar surface area (TPSA) is 65.1 Å². The Bertz CT molecular complexity index is 375. The Labute approximate surface area is 132 Å². The van der Waals surface area contributed by atoms with Gasteiger partial charge in [0.2, 0.25) is 0 Å². The highest BCUT2D eigenvalue weighted by Gasteiger charge is 2.11. The molecular weight excluding hydrogens is 286 g/mol. The second kappa shape index (κ2) is 10.3. The number of hydrogen-bond donors (Lipinski definition) is 0. The molecule has 0 aliphatic carbocycles. The van der Waals surface area contributed by atoms with Crippen LogP contribution in [-0.2, 0) is 23.8 Å². The Kier molecular flexibility index (Phi) is 8.77. The van der Waals surface area contributed by atoms with Crippen molar-refractivity contribution in [3.8, 4) is 0 Å². The zero-order valence-corrected chi connectivity index (χ0v) is 13.7. The molecule has 0 aromatic heterocycles. The van der Waals surface area contributed by atoms with Crippen molar-refractivity contribution in [2.75, 3.05) is 39.5 Å². The molecule has 1 fully saturated rings. The highest BCUT2D eigenvalue weighted by Crippen LogP contribution is 2.07. The van der Waals surface area contributed by atoms with Gasteiger partial charge in [-0.3, -0.25) is 4.90 Å². The summed E-state index contributed by atoms with van der Waals surface area (Å²) in [4.78, 5) is 25.2. The van der Waals surface area contributed by atoms with Crippen molar-refractivity contribution in [1.29, 1.82) is 0 Å². The van der Waals surface area contributed by atoms with Gasteiger partial charge in [-0.15, -0.1) is 0 Å². The summed E-state index contributed by atoms with van der Waals surface area (Å²) in [7, 11) is 0. The van der Waals surface area contributed by atoms with E-state index in [4.69, 9.17) is 14.2 Å². The Morgan fingerprint density at radius 3 is 2.41 bits per heavy atom. The molecule has 22 heavy (non-hydrogen) atoms. The molecule has 1 unspecified atom stereocenters. The molecule has 6 heteroatoms. The Hall–Kier alpha value is -1.40. The van der Waals surface area contributed by atoms with Gasteiger partial charge in [0.05, 0.1) is 19.3 Å². The van der Waals surface area contributed by atoms with E-state index < -0.39 is 11.9 Å². The van der Waals surface area contributed by atoms with Crippen LogP contribution in [0.4, 0.5) is 0 Å². The van der Waals surface area contributed by atoms with Gasteiger partial charge in [0.1, 0.15) is 6.61 Å². The van der Waals surface area contributed by atoms with E-state index in [0.29, 0.717) is 32.3 Å². The zero-order chi connectivity index (χ0) is 16.4. The molecule has 1 saturated heterocycles. The van der Waals surface area contributed by atoms with Gasteiger partial charge in [-0.05, 0) is 19.3 Å². The van der Waals surface area contributed by atoms with Crippen LogP contribution in [0.2, 0.25) is 0 Å². The molecule has 126 valence electrons. The van der Waals surface area contributed by atoms with Crippen LogP contribution in [0, 0.1) is 5.92 Å². The lowest BCUT2D eigenvalue weighted by molar-refractivity contribution is -0.144. The predicted octanol–water partition coefficient (Wildman–Crippen LogP) is 1.40. The van der Waals surface area contributed by atoms with Crippen LogP contribution in [0.1, 0.15) is 27.2 Å². The third-order valence-corrected chi connectivity index (χ3v) is 3.23. The molecule has 0 N–H and O–H groups in total. The van der Waals surface area contributed by atoms with Crippen molar-refractivity contribution in [2.45, 2.75) is 33.3 Å². The third-order valence-electron chi connectivity index (χ3n) is 3.23. The molecule has 0 spiro atoms. The van der Waals surface area contributed by atoms with Crippen molar-refractivity contribution in [3.63, 3.8) is 0 Å². The molecule has 0 aromatic rings. The van der Waals surface area contributed by atoms with Crippen LogP contribution in [0.5, 0.6) is 0 Å². The van der Waals surface area contributed by atoms with Gasteiger partial charge < -0.3 is 14.2 Å². The molecule has 0 aromatic carbocycles. The number of carbonyl (C=O) groups excluding carboxylic acids is 2. The summed E-state index contributed by atoms with van der Waals surface area (Å²) in [5, 5.41) is 0. The van der Waals surface area contributed by atoms with Crippen LogP contribution in [-0.4, -0.2) is 62.4 Å². The average Bonchev–Trinajstić information content (AvgIpc) is 2.45. The lowest BCUT2D eigenvalue weighted by Gasteiger charge is -2.25. The lowest BCUT2D eigenvalue weighted by Crippen LogP contribution is -2.38. The van der Waals surface area contributed by atoms with Crippen molar-refractivity contribution in [1.82, 2.24) is 4.90 Å². The molecular formula is C16H27NO5. The predicted molar refractivity (Wildman–Crippen MR) is 82.4 cm³/mol. The van der Waals surface area contributed by atoms with Crippen molar-refractivity contribution < 1.29 is 23.8 Å². The zero-order valence-electron chi connectivity index (χ0n) is 13.7. The Morgan fingerprint density at radius 2 is 1.77 bits per heavy atom. The first-order chi connectivity index (χ1) is 10.5. The summed E-state index contributed by atoms with van der Waals surface area (Å²) < 4.78 is 15.4. The number of rotatable bonds is 8. The fraction of sp³-hybridized carbons (Fsp3) is 0.750. The number of esters is 2. The molecule has 0 bridgehead atoms. The van der Waals surface area contributed by atoms with Crippen LogP contribution in [0.3, 0.4) is 0 Å². The van der Waals surface area contributed by atoms with E-state index in [1.807, 2.05) is 6.92 Å². The number of hydrogen-bond acceptors (Lipinski definition) is 6. The second-order valence-electron chi connectivity index (χ2n) is 5.83. The fourth-order valence-corrected chi connectivity index (χ4v) is 2.23. The average molecular weight is 313 g/mol. The number of carbonyl (C=O) groups is 2. The van der Waals surface area contributed by atoms with Crippen LogP contribution >= 0.6 is 0 Å². The summed E-state index contributed by atoms with van der Waals surface area (Å²) >= 11 is 0. The minimum absolute atomic E-state index is 0.158. The van der Waals surface area contributed by atoms with Crippen molar-refractivity contribution in [3.05, 3.63) is 12.2 Å². The number of ether oxygens (including phenoxy) is 3. The van der Waals surface area contributed by atoms with Crippen molar-refractivity contribution in [2.24, 2.45) is 5.92 Å². The molecule has 1 aliphatic heterocycles. The van der Waals surface area contributed by atoms with Gasteiger partial charge in [0, 0.05) is 31.8 Å². The molecule has 1 heterocycles. The summed E-state index contributed by atoms with van der Waals surface area (Å²) in [6.07, 6.45) is 2.87. The number of morpholine rings is 1. The van der Waals surface area contributed by atoms with E-state index in [2.05, 4.69) is 18.7 Å².